The third-order valence-electron chi connectivity index (χ3n) is 2.15. The molecule has 1 aromatic carbocycles. The first kappa shape index (κ1) is 12.4. The van der Waals surface area contributed by atoms with Crippen molar-refractivity contribution < 1.29 is 9.18 Å². The van der Waals surface area contributed by atoms with E-state index in [1.807, 2.05) is 22.6 Å². The van der Waals surface area contributed by atoms with Crippen molar-refractivity contribution in [3.63, 3.8) is 0 Å². The standard InChI is InChI=1S/C10H7FIN3OS/c1-15(10(16)9-5-13-14-17-9)8-3-2-6(11)4-7(8)12/h2-5H,1H3. The minimum Gasteiger partial charge on any atom is -0.310 e. The molecular formula is C10H7FIN3OS. The number of aromatic nitrogens is 2. The Morgan fingerprint density at radius 2 is 2.29 bits per heavy atom. The molecule has 0 aliphatic carbocycles. The van der Waals surface area contributed by atoms with Crippen LogP contribution >= 0.6 is 34.1 Å². The van der Waals surface area contributed by atoms with Crippen molar-refractivity contribution in [1.82, 2.24) is 9.59 Å². The van der Waals surface area contributed by atoms with Crippen LogP contribution in [0, 0.1) is 9.39 Å². The van der Waals surface area contributed by atoms with Gasteiger partial charge in [-0.2, -0.15) is 0 Å². The van der Waals surface area contributed by atoms with E-state index in [0.717, 1.165) is 11.5 Å². The van der Waals surface area contributed by atoms with Gasteiger partial charge in [0.25, 0.3) is 5.91 Å². The lowest BCUT2D eigenvalue weighted by atomic mass is 10.3. The number of carbonyl (C=O) groups excluding carboxylic acids is 1. The number of amides is 1. The monoisotopic (exact) mass is 363 g/mol. The third-order valence-corrected chi connectivity index (χ3v) is 3.66. The molecule has 0 saturated heterocycles. The molecule has 2 rings (SSSR count). The van der Waals surface area contributed by atoms with Crippen LogP contribution in [0.3, 0.4) is 0 Å². The first-order valence-electron chi connectivity index (χ1n) is 4.60. The summed E-state index contributed by atoms with van der Waals surface area (Å²) in [4.78, 5) is 13.9. The van der Waals surface area contributed by atoms with Crippen LogP contribution in [-0.2, 0) is 0 Å². The van der Waals surface area contributed by atoms with E-state index >= 15 is 0 Å². The van der Waals surface area contributed by atoms with E-state index in [-0.39, 0.29) is 11.7 Å². The van der Waals surface area contributed by atoms with Crippen LogP contribution in [0.5, 0.6) is 0 Å². The van der Waals surface area contributed by atoms with Gasteiger partial charge in [0.1, 0.15) is 10.7 Å². The molecule has 88 valence electrons. The Kier molecular flexibility index (Phi) is 3.67. The normalized spacial score (nSPS) is 10.3. The van der Waals surface area contributed by atoms with Gasteiger partial charge in [-0.25, -0.2) is 4.39 Å². The van der Waals surface area contributed by atoms with Crippen LogP contribution < -0.4 is 4.90 Å². The van der Waals surface area contributed by atoms with Gasteiger partial charge in [-0.1, -0.05) is 4.49 Å². The summed E-state index contributed by atoms with van der Waals surface area (Å²) in [6.07, 6.45) is 1.42. The van der Waals surface area contributed by atoms with Crippen LogP contribution in [0.1, 0.15) is 9.67 Å². The summed E-state index contributed by atoms with van der Waals surface area (Å²) in [7, 11) is 1.64. The molecule has 1 heterocycles. The number of nitrogens with zero attached hydrogens (tertiary/aromatic N) is 3. The number of hydrogen-bond acceptors (Lipinski definition) is 4. The Hall–Kier alpha value is -1.09. The van der Waals surface area contributed by atoms with Gasteiger partial charge in [0, 0.05) is 10.6 Å². The van der Waals surface area contributed by atoms with Crippen molar-refractivity contribution in [3.8, 4) is 0 Å². The van der Waals surface area contributed by atoms with Gasteiger partial charge in [-0.15, -0.1) is 5.10 Å². The summed E-state index contributed by atoms with van der Waals surface area (Å²) in [5, 5.41) is 3.62. The van der Waals surface area contributed by atoms with Gasteiger partial charge in [0.05, 0.1) is 11.9 Å². The molecule has 0 aliphatic heterocycles. The molecule has 1 aromatic heterocycles. The molecular weight excluding hydrogens is 356 g/mol. The van der Waals surface area contributed by atoms with Crippen LogP contribution in [0.2, 0.25) is 0 Å². The molecule has 4 nitrogen and oxygen atoms in total. The van der Waals surface area contributed by atoms with E-state index < -0.39 is 0 Å². The molecule has 0 radical (unpaired) electrons. The number of anilines is 1. The Labute approximate surface area is 115 Å². The molecule has 0 saturated carbocycles. The SMILES string of the molecule is CN(C(=O)c1cnns1)c1ccc(F)cc1I. The molecule has 0 atom stereocenters. The average Bonchev–Trinajstić information content (AvgIpc) is 2.80. The fourth-order valence-corrected chi connectivity index (χ4v) is 2.62. The predicted molar refractivity (Wildman–Crippen MR) is 71.8 cm³/mol. The summed E-state index contributed by atoms with van der Waals surface area (Å²) in [5.41, 5.74) is 0.658. The zero-order chi connectivity index (χ0) is 12.4. The van der Waals surface area contributed by atoms with Crippen molar-refractivity contribution in [2.24, 2.45) is 0 Å². The maximum atomic E-state index is 13.0. The fraction of sp³-hybridized carbons (Fsp3) is 0.100. The number of hydrogen-bond donors (Lipinski definition) is 0. The molecule has 0 N–H and O–H groups in total. The highest BCUT2D eigenvalue weighted by Crippen LogP contribution is 2.24. The van der Waals surface area contributed by atoms with Gasteiger partial charge < -0.3 is 4.90 Å². The van der Waals surface area contributed by atoms with E-state index in [1.165, 1.54) is 23.2 Å². The molecule has 1 amide bonds. The van der Waals surface area contributed by atoms with Gasteiger partial charge in [-0.3, -0.25) is 4.79 Å². The van der Waals surface area contributed by atoms with Crippen molar-refractivity contribution in [1.29, 1.82) is 0 Å². The number of halogens is 2. The van der Waals surface area contributed by atoms with Crippen LogP contribution in [0.25, 0.3) is 0 Å². The van der Waals surface area contributed by atoms with Crippen LogP contribution in [0.4, 0.5) is 10.1 Å². The minimum atomic E-state index is -0.321. The lowest BCUT2D eigenvalue weighted by molar-refractivity contribution is 0.0996. The smallest absolute Gasteiger partial charge is 0.271 e. The third kappa shape index (κ3) is 2.60. The lowest BCUT2D eigenvalue weighted by Crippen LogP contribution is -2.26. The molecule has 7 heteroatoms. The maximum absolute atomic E-state index is 13.0. The highest BCUT2D eigenvalue weighted by atomic mass is 127. The quantitative estimate of drug-likeness (QED) is 0.771. The number of carbonyl (C=O) groups is 1. The van der Waals surface area contributed by atoms with Gasteiger partial charge >= 0.3 is 0 Å². The topological polar surface area (TPSA) is 46.1 Å². The van der Waals surface area contributed by atoms with E-state index in [4.69, 9.17) is 0 Å². The maximum Gasteiger partial charge on any atom is 0.271 e. The van der Waals surface area contributed by atoms with Crippen molar-refractivity contribution in [2.45, 2.75) is 0 Å². The summed E-state index contributed by atoms with van der Waals surface area (Å²) in [6.45, 7) is 0. The molecule has 0 unspecified atom stereocenters. The van der Waals surface area contributed by atoms with E-state index in [9.17, 15) is 9.18 Å². The molecule has 17 heavy (non-hydrogen) atoms. The first-order valence-corrected chi connectivity index (χ1v) is 6.45. The second kappa shape index (κ2) is 5.05. The summed E-state index contributed by atoms with van der Waals surface area (Å²) in [5.74, 6) is -0.525. The fourth-order valence-electron chi connectivity index (χ4n) is 1.29. The zero-order valence-electron chi connectivity index (χ0n) is 8.72. The van der Waals surface area contributed by atoms with Gasteiger partial charge in [-0.05, 0) is 52.3 Å². The Morgan fingerprint density at radius 3 is 2.88 bits per heavy atom. The zero-order valence-corrected chi connectivity index (χ0v) is 11.7. The Morgan fingerprint density at radius 1 is 1.53 bits per heavy atom. The predicted octanol–water partition coefficient (Wildman–Crippen LogP) is 2.56. The molecule has 0 fully saturated rings. The van der Waals surface area contributed by atoms with Crippen molar-refractivity contribution in [3.05, 3.63) is 38.7 Å². The molecule has 0 aliphatic rings. The average molecular weight is 363 g/mol. The van der Waals surface area contributed by atoms with E-state index in [0.29, 0.717) is 14.1 Å². The van der Waals surface area contributed by atoms with Crippen molar-refractivity contribution >= 4 is 45.7 Å². The Bertz CT molecular complexity index is 546. The number of benzene rings is 1. The molecule has 2 aromatic rings. The van der Waals surface area contributed by atoms with Gasteiger partial charge in [0.2, 0.25) is 0 Å². The lowest BCUT2D eigenvalue weighted by Gasteiger charge is -2.17. The second-order valence-corrected chi connectivity index (χ2v) is 5.19. The highest BCUT2D eigenvalue weighted by Gasteiger charge is 2.17. The summed E-state index contributed by atoms with van der Waals surface area (Å²) < 4.78 is 17.3. The van der Waals surface area contributed by atoms with E-state index in [2.05, 4.69) is 9.59 Å². The van der Waals surface area contributed by atoms with Crippen LogP contribution in [0.15, 0.2) is 24.4 Å². The summed E-state index contributed by atoms with van der Waals surface area (Å²) >= 11 is 3.02. The first-order chi connectivity index (χ1) is 8.09. The highest BCUT2D eigenvalue weighted by molar-refractivity contribution is 14.1. The van der Waals surface area contributed by atoms with E-state index in [1.54, 1.807) is 13.1 Å². The minimum absolute atomic E-state index is 0.204. The van der Waals surface area contributed by atoms with Crippen molar-refractivity contribution in [2.75, 3.05) is 11.9 Å². The number of rotatable bonds is 2. The Balaban J connectivity index is 2.31. The van der Waals surface area contributed by atoms with Crippen LogP contribution in [-0.4, -0.2) is 22.5 Å². The molecule has 0 spiro atoms. The second-order valence-electron chi connectivity index (χ2n) is 3.24. The summed E-state index contributed by atoms with van der Waals surface area (Å²) in [6, 6.07) is 4.28. The van der Waals surface area contributed by atoms with Gasteiger partial charge in [0.15, 0.2) is 0 Å². The largest absolute Gasteiger partial charge is 0.310 e. The molecule has 0 bridgehead atoms.